The number of nitrogens with two attached hydrogens (primary N) is 1. The summed E-state index contributed by atoms with van der Waals surface area (Å²) in [5.74, 6) is 0.415. The van der Waals surface area contributed by atoms with Gasteiger partial charge in [0, 0.05) is 43.6 Å². The maximum absolute atomic E-state index is 12.1. The molecule has 0 aliphatic carbocycles. The Bertz CT molecular complexity index is 822. The summed E-state index contributed by atoms with van der Waals surface area (Å²) < 4.78 is 2.02. The van der Waals surface area contributed by atoms with Crippen LogP contribution in [0, 0.1) is 0 Å². The summed E-state index contributed by atoms with van der Waals surface area (Å²) in [6, 6.07) is 11.3. The minimum atomic E-state index is -0.110. The van der Waals surface area contributed by atoms with Crippen molar-refractivity contribution in [2.75, 3.05) is 10.6 Å². The van der Waals surface area contributed by atoms with Crippen LogP contribution in [-0.2, 0) is 11.8 Å². The molecule has 0 fully saturated rings. The highest BCUT2D eigenvalue weighted by Crippen LogP contribution is 2.28. The number of benzene rings is 1. The Kier molecular flexibility index (Phi) is 3.10. The van der Waals surface area contributed by atoms with Crippen LogP contribution < -0.4 is 10.6 Å². The number of carbonyl (C=O) groups excluding carboxylic acids is 1. The first-order valence-electron chi connectivity index (χ1n) is 6.63. The van der Waals surface area contributed by atoms with Crippen molar-refractivity contribution in [1.82, 2.24) is 9.55 Å². The zero-order chi connectivity index (χ0) is 15.0. The highest BCUT2D eigenvalue weighted by Gasteiger charge is 2.16. The molecular weight excluding hydrogens is 264 g/mol. The van der Waals surface area contributed by atoms with Gasteiger partial charge in [0.05, 0.1) is 5.69 Å². The zero-order valence-electron chi connectivity index (χ0n) is 11.9. The number of hydrogen-bond acceptors (Lipinski definition) is 3. The summed E-state index contributed by atoms with van der Waals surface area (Å²) in [5, 5.41) is 1.13. The highest BCUT2D eigenvalue weighted by atomic mass is 16.2. The van der Waals surface area contributed by atoms with Crippen LogP contribution in [0.3, 0.4) is 0 Å². The van der Waals surface area contributed by atoms with Crippen LogP contribution in [0.25, 0.3) is 10.9 Å². The van der Waals surface area contributed by atoms with Crippen molar-refractivity contribution in [2.45, 2.75) is 6.92 Å². The van der Waals surface area contributed by atoms with E-state index in [4.69, 9.17) is 5.73 Å². The van der Waals surface area contributed by atoms with Crippen molar-refractivity contribution in [1.29, 1.82) is 0 Å². The third-order valence-electron chi connectivity index (χ3n) is 3.44. The van der Waals surface area contributed by atoms with Gasteiger partial charge in [-0.3, -0.25) is 9.69 Å². The minimum Gasteiger partial charge on any atom is -0.399 e. The largest absolute Gasteiger partial charge is 0.399 e. The lowest BCUT2D eigenvalue weighted by atomic mass is 10.2. The molecular formula is C16H16N4O. The van der Waals surface area contributed by atoms with Crippen LogP contribution in [0.5, 0.6) is 0 Å². The Morgan fingerprint density at radius 2 is 2.05 bits per heavy atom. The van der Waals surface area contributed by atoms with Crippen LogP contribution in [0.2, 0.25) is 0 Å². The molecule has 0 saturated heterocycles. The number of rotatable bonds is 2. The molecule has 0 spiro atoms. The van der Waals surface area contributed by atoms with Crippen molar-refractivity contribution in [3.05, 3.63) is 48.8 Å². The molecule has 5 nitrogen and oxygen atoms in total. The van der Waals surface area contributed by atoms with Gasteiger partial charge in [-0.05, 0) is 29.7 Å². The summed E-state index contributed by atoms with van der Waals surface area (Å²) in [4.78, 5) is 17.9. The van der Waals surface area contributed by atoms with Gasteiger partial charge in [-0.2, -0.15) is 0 Å². The first kappa shape index (κ1) is 13.2. The van der Waals surface area contributed by atoms with E-state index in [2.05, 4.69) is 4.98 Å². The van der Waals surface area contributed by atoms with Crippen molar-refractivity contribution in [3.8, 4) is 0 Å². The predicted molar refractivity (Wildman–Crippen MR) is 84.4 cm³/mol. The van der Waals surface area contributed by atoms with Gasteiger partial charge in [0.25, 0.3) is 0 Å². The van der Waals surface area contributed by atoms with E-state index in [1.807, 2.05) is 42.1 Å². The average molecular weight is 280 g/mol. The maximum Gasteiger partial charge on any atom is 0.229 e. The number of fused-ring (bicyclic) bond motifs is 1. The van der Waals surface area contributed by atoms with Crippen molar-refractivity contribution in [3.63, 3.8) is 0 Å². The first-order chi connectivity index (χ1) is 10.1. The number of carbonyl (C=O) groups is 1. The molecule has 2 heterocycles. The van der Waals surface area contributed by atoms with Crippen LogP contribution in [0.1, 0.15) is 6.92 Å². The van der Waals surface area contributed by atoms with Gasteiger partial charge in [0.1, 0.15) is 5.82 Å². The number of anilines is 3. The Balaban J connectivity index is 2.15. The number of amides is 1. The van der Waals surface area contributed by atoms with Gasteiger partial charge in [-0.15, -0.1) is 0 Å². The third-order valence-corrected chi connectivity index (χ3v) is 3.44. The summed E-state index contributed by atoms with van der Waals surface area (Å²) in [7, 11) is 1.98. The molecule has 1 aromatic carbocycles. The van der Waals surface area contributed by atoms with Crippen molar-refractivity contribution >= 4 is 34.0 Å². The molecule has 0 radical (unpaired) electrons. The van der Waals surface area contributed by atoms with Crippen molar-refractivity contribution in [2.24, 2.45) is 7.05 Å². The molecule has 21 heavy (non-hydrogen) atoms. The van der Waals surface area contributed by atoms with Gasteiger partial charge >= 0.3 is 0 Å². The number of aromatic nitrogens is 2. The van der Waals surface area contributed by atoms with Crippen LogP contribution in [0.15, 0.2) is 48.8 Å². The molecule has 0 unspecified atom stereocenters. The lowest BCUT2D eigenvalue weighted by Gasteiger charge is -2.20. The van der Waals surface area contributed by atoms with E-state index < -0.39 is 0 Å². The van der Waals surface area contributed by atoms with E-state index >= 15 is 0 Å². The number of nitrogens with zero attached hydrogens (tertiary/aromatic N) is 3. The fourth-order valence-corrected chi connectivity index (χ4v) is 2.42. The number of pyridine rings is 1. The van der Waals surface area contributed by atoms with Crippen LogP contribution in [-0.4, -0.2) is 15.5 Å². The number of aryl methyl sites for hydroxylation is 1. The molecule has 2 aromatic heterocycles. The minimum absolute atomic E-state index is 0.110. The van der Waals surface area contributed by atoms with Gasteiger partial charge in [0.2, 0.25) is 5.91 Å². The van der Waals surface area contributed by atoms with E-state index in [0.717, 1.165) is 16.6 Å². The molecule has 106 valence electrons. The molecule has 3 aromatic rings. The molecule has 0 bridgehead atoms. The quantitative estimate of drug-likeness (QED) is 0.785. The Hall–Kier alpha value is -2.82. The molecule has 2 N–H and O–H groups in total. The Labute approximate surface area is 122 Å². The average Bonchev–Trinajstić information content (AvgIpc) is 2.80. The van der Waals surface area contributed by atoms with E-state index in [0.29, 0.717) is 11.5 Å². The normalized spacial score (nSPS) is 10.8. The molecule has 0 aliphatic heterocycles. The SMILES string of the molecule is CC(=O)N(c1ccc2ccn(C)c2c1)c1cc(N)ccn1. The van der Waals surface area contributed by atoms with Crippen LogP contribution >= 0.6 is 0 Å². The topological polar surface area (TPSA) is 64.2 Å². The first-order valence-corrected chi connectivity index (χ1v) is 6.63. The number of nitrogen functional groups attached to an aromatic ring is 1. The third kappa shape index (κ3) is 2.33. The maximum atomic E-state index is 12.1. The van der Waals surface area contributed by atoms with E-state index in [1.54, 1.807) is 23.2 Å². The van der Waals surface area contributed by atoms with Gasteiger partial charge < -0.3 is 10.3 Å². The molecule has 5 heteroatoms. The van der Waals surface area contributed by atoms with Crippen LogP contribution in [0.4, 0.5) is 17.2 Å². The van der Waals surface area contributed by atoms with E-state index in [9.17, 15) is 4.79 Å². The second kappa shape index (κ2) is 4.94. The van der Waals surface area contributed by atoms with Gasteiger partial charge in [-0.25, -0.2) is 4.98 Å². The lowest BCUT2D eigenvalue weighted by molar-refractivity contribution is -0.115. The van der Waals surface area contributed by atoms with E-state index in [1.165, 1.54) is 6.92 Å². The van der Waals surface area contributed by atoms with Gasteiger partial charge in [0.15, 0.2) is 0 Å². The van der Waals surface area contributed by atoms with Gasteiger partial charge in [-0.1, -0.05) is 6.07 Å². The predicted octanol–water partition coefficient (Wildman–Crippen LogP) is 2.84. The highest BCUT2D eigenvalue weighted by molar-refractivity contribution is 6.00. The smallest absolute Gasteiger partial charge is 0.229 e. The summed E-state index contributed by atoms with van der Waals surface area (Å²) >= 11 is 0. The summed E-state index contributed by atoms with van der Waals surface area (Å²) in [6.45, 7) is 1.51. The summed E-state index contributed by atoms with van der Waals surface area (Å²) in [5.41, 5.74) is 8.20. The summed E-state index contributed by atoms with van der Waals surface area (Å²) in [6.07, 6.45) is 3.59. The molecule has 0 aliphatic rings. The van der Waals surface area contributed by atoms with Crippen molar-refractivity contribution < 1.29 is 4.79 Å². The Morgan fingerprint density at radius 3 is 2.76 bits per heavy atom. The molecule has 1 amide bonds. The molecule has 0 saturated carbocycles. The van der Waals surface area contributed by atoms with E-state index in [-0.39, 0.29) is 5.91 Å². The fraction of sp³-hybridized carbons (Fsp3) is 0.125. The zero-order valence-corrected chi connectivity index (χ0v) is 11.9. The standard InChI is InChI=1S/C16H16N4O/c1-11(21)20(16-9-13(17)5-7-18-16)14-4-3-12-6-8-19(2)15(12)10-14/h3-10H,1-2H3,(H2,17,18). The number of hydrogen-bond donors (Lipinski definition) is 1. The Morgan fingerprint density at radius 1 is 1.24 bits per heavy atom. The fourth-order valence-electron chi connectivity index (χ4n) is 2.42. The monoisotopic (exact) mass is 280 g/mol. The second-order valence-electron chi connectivity index (χ2n) is 4.97. The molecule has 3 rings (SSSR count). The second-order valence-corrected chi connectivity index (χ2v) is 4.97. The lowest BCUT2D eigenvalue weighted by Crippen LogP contribution is -2.23. The molecule has 0 atom stereocenters.